The third-order valence-electron chi connectivity index (χ3n) is 2.85. The predicted octanol–water partition coefficient (Wildman–Crippen LogP) is 2.48. The first-order valence-electron chi connectivity index (χ1n) is 5.63. The highest BCUT2D eigenvalue weighted by atomic mass is 35.5. The lowest BCUT2D eigenvalue weighted by Crippen LogP contribution is -2.42. The lowest BCUT2D eigenvalue weighted by Gasteiger charge is -2.23. The van der Waals surface area contributed by atoms with Gasteiger partial charge in [0.2, 0.25) is 0 Å². The molecular formula is C12H14Cl2N2O. The molecule has 1 heterocycles. The molecule has 0 bridgehead atoms. The number of halogens is 2. The molecule has 17 heavy (non-hydrogen) atoms. The summed E-state index contributed by atoms with van der Waals surface area (Å²) in [4.78, 5) is 12.0. The molecule has 5 heteroatoms. The van der Waals surface area contributed by atoms with Crippen LogP contribution in [0, 0.1) is 0 Å². The van der Waals surface area contributed by atoms with E-state index in [1.165, 1.54) is 0 Å². The van der Waals surface area contributed by atoms with E-state index in [0.717, 1.165) is 25.9 Å². The molecule has 1 aliphatic rings. The predicted molar refractivity (Wildman–Crippen MR) is 69.8 cm³/mol. The molecule has 2 rings (SSSR count). The van der Waals surface area contributed by atoms with Crippen molar-refractivity contribution in [3.05, 3.63) is 33.8 Å². The van der Waals surface area contributed by atoms with Crippen LogP contribution in [-0.2, 0) is 0 Å². The number of amides is 1. The molecule has 3 nitrogen and oxygen atoms in total. The number of nitrogens with one attached hydrogen (secondary N) is 2. The molecule has 0 spiro atoms. The zero-order valence-corrected chi connectivity index (χ0v) is 10.8. The minimum absolute atomic E-state index is 0.126. The van der Waals surface area contributed by atoms with Crippen molar-refractivity contribution in [1.82, 2.24) is 10.6 Å². The van der Waals surface area contributed by atoms with Crippen molar-refractivity contribution in [2.75, 3.05) is 13.1 Å². The van der Waals surface area contributed by atoms with Crippen molar-refractivity contribution in [2.45, 2.75) is 18.9 Å². The number of rotatable bonds is 2. The first kappa shape index (κ1) is 12.7. The summed E-state index contributed by atoms with van der Waals surface area (Å²) in [5, 5.41) is 7.17. The smallest absolute Gasteiger partial charge is 0.253 e. The fourth-order valence-corrected chi connectivity index (χ4v) is 2.40. The van der Waals surface area contributed by atoms with Gasteiger partial charge in [-0.1, -0.05) is 23.2 Å². The van der Waals surface area contributed by atoms with E-state index in [1.54, 1.807) is 18.2 Å². The maximum atomic E-state index is 12.0. The Morgan fingerprint density at radius 2 is 2.00 bits per heavy atom. The monoisotopic (exact) mass is 272 g/mol. The second-order valence-electron chi connectivity index (χ2n) is 4.12. The van der Waals surface area contributed by atoms with Gasteiger partial charge in [-0.3, -0.25) is 4.79 Å². The van der Waals surface area contributed by atoms with Crippen LogP contribution >= 0.6 is 23.2 Å². The lowest BCUT2D eigenvalue weighted by atomic mass is 10.1. The molecule has 0 saturated carbocycles. The van der Waals surface area contributed by atoms with Crippen molar-refractivity contribution in [3.8, 4) is 0 Å². The van der Waals surface area contributed by atoms with Crippen LogP contribution in [0.5, 0.6) is 0 Å². The molecule has 1 aromatic carbocycles. The Labute approximate surface area is 110 Å². The van der Waals surface area contributed by atoms with E-state index in [2.05, 4.69) is 10.6 Å². The van der Waals surface area contributed by atoms with Crippen molar-refractivity contribution >= 4 is 29.1 Å². The van der Waals surface area contributed by atoms with Crippen LogP contribution in [-0.4, -0.2) is 25.0 Å². The van der Waals surface area contributed by atoms with Crippen molar-refractivity contribution < 1.29 is 4.79 Å². The average Bonchev–Trinajstić information content (AvgIpc) is 2.30. The van der Waals surface area contributed by atoms with Crippen LogP contribution in [0.1, 0.15) is 23.2 Å². The second kappa shape index (κ2) is 5.71. The highest BCUT2D eigenvalue weighted by Crippen LogP contribution is 2.21. The Balaban J connectivity index is 2.03. The summed E-state index contributed by atoms with van der Waals surface area (Å²) in [7, 11) is 0. The zero-order valence-electron chi connectivity index (χ0n) is 9.30. The second-order valence-corrected chi connectivity index (χ2v) is 4.97. The molecule has 1 amide bonds. The summed E-state index contributed by atoms with van der Waals surface area (Å²) >= 11 is 11.8. The summed E-state index contributed by atoms with van der Waals surface area (Å²) in [5.74, 6) is -0.126. The highest BCUT2D eigenvalue weighted by molar-refractivity contribution is 6.36. The molecule has 1 saturated heterocycles. The van der Waals surface area contributed by atoms with E-state index < -0.39 is 0 Å². The van der Waals surface area contributed by atoms with E-state index >= 15 is 0 Å². The van der Waals surface area contributed by atoms with Gasteiger partial charge >= 0.3 is 0 Å². The minimum atomic E-state index is -0.126. The van der Waals surface area contributed by atoms with E-state index in [9.17, 15) is 4.79 Å². The van der Waals surface area contributed by atoms with Gasteiger partial charge in [0.1, 0.15) is 0 Å². The summed E-state index contributed by atoms with van der Waals surface area (Å²) in [6.07, 6.45) is 1.91. The Hall–Kier alpha value is -0.770. The largest absolute Gasteiger partial charge is 0.349 e. The molecule has 0 unspecified atom stereocenters. The Morgan fingerprint density at radius 1 is 1.29 bits per heavy atom. The van der Waals surface area contributed by atoms with Gasteiger partial charge in [-0.05, 0) is 44.1 Å². The van der Waals surface area contributed by atoms with Crippen LogP contribution in [0.2, 0.25) is 10.0 Å². The third-order valence-corrected chi connectivity index (χ3v) is 3.40. The number of benzene rings is 1. The fraction of sp³-hybridized carbons (Fsp3) is 0.417. The van der Waals surface area contributed by atoms with Crippen LogP contribution in [0.25, 0.3) is 0 Å². The van der Waals surface area contributed by atoms with Crippen molar-refractivity contribution in [3.63, 3.8) is 0 Å². The molecule has 0 atom stereocenters. The molecule has 0 radical (unpaired) electrons. The van der Waals surface area contributed by atoms with E-state index in [1.807, 2.05) is 0 Å². The zero-order chi connectivity index (χ0) is 12.3. The first-order chi connectivity index (χ1) is 8.16. The Bertz CT molecular complexity index is 417. The average molecular weight is 273 g/mol. The van der Waals surface area contributed by atoms with Gasteiger partial charge in [-0.25, -0.2) is 0 Å². The van der Waals surface area contributed by atoms with Gasteiger partial charge in [0, 0.05) is 11.1 Å². The van der Waals surface area contributed by atoms with Crippen LogP contribution in [0.15, 0.2) is 18.2 Å². The number of carbonyl (C=O) groups excluding carboxylic acids is 1. The summed E-state index contributed by atoms with van der Waals surface area (Å²) in [5.41, 5.74) is 0.481. The van der Waals surface area contributed by atoms with Crippen LogP contribution in [0.4, 0.5) is 0 Å². The van der Waals surface area contributed by atoms with Gasteiger partial charge in [0.15, 0.2) is 0 Å². The maximum Gasteiger partial charge on any atom is 0.253 e. The molecule has 1 fully saturated rings. The lowest BCUT2D eigenvalue weighted by molar-refractivity contribution is 0.0930. The Morgan fingerprint density at radius 3 is 2.65 bits per heavy atom. The number of hydrogen-bond acceptors (Lipinski definition) is 2. The first-order valence-corrected chi connectivity index (χ1v) is 6.39. The summed E-state index contributed by atoms with van der Waals surface area (Å²) in [6.45, 7) is 1.89. The molecule has 0 aromatic heterocycles. The van der Waals surface area contributed by atoms with Crippen molar-refractivity contribution in [1.29, 1.82) is 0 Å². The van der Waals surface area contributed by atoms with Gasteiger partial charge in [0.05, 0.1) is 10.6 Å². The third kappa shape index (κ3) is 3.35. The molecule has 2 N–H and O–H groups in total. The topological polar surface area (TPSA) is 41.1 Å². The number of piperidine rings is 1. The quantitative estimate of drug-likeness (QED) is 0.869. The van der Waals surface area contributed by atoms with Gasteiger partial charge < -0.3 is 10.6 Å². The highest BCUT2D eigenvalue weighted by Gasteiger charge is 2.17. The van der Waals surface area contributed by atoms with E-state index in [4.69, 9.17) is 23.2 Å². The Kier molecular flexibility index (Phi) is 4.26. The van der Waals surface area contributed by atoms with Crippen LogP contribution < -0.4 is 10.6 Å². The summed E-state index contributed by atoms with van der Waals surface area (Å²) < 4.78 is 0. The van der Waals surface area contributed by atoms with E-state index in [-0.39, 0.29) is 11.9 Å². The molecule has 0 aliphatic carbocycles. The minimum Gasteiger partial charge on any atom is -0.349 e. The molecule has 1 aliphatic heterocycles. The van der Waals surface area contributed by atoms with Gasteiger partial charge in [-0.2, -0.15) is 0 Å². The maximum absolute atomic E-state index is 12.0. The van der Waals surface area contributed by atoms with Crippen LogP contribution in [0.3, 0.4) is 0 Å². The van der Waals surface area contributed by atoms with Gasteiger partial charge in [0.25, 0.3) is 5.91 Å². The molecule has 1 aromatic rings. The van der Waals surface area contributed by atoms with Gasteiger partial charge in [-0.15, -0.1) is 0 Å². The summed E-state index contributed by atoms with van der Waals surface area (Å²) in [6, 6.07) is 5.14. The molecular weight excluding hydrogens is 259 g/mol. The fourth-order valence-electron chi connectivity index (χ4n) is 1.90. The standard InChI is InChI=1S/C12H14Cl2N2O/c13-8-1-2-10(11(14)7-8)12(17)16-9-3-5-15-6-4-9/h1-2,7,9,15H,3-6H2,(H,16,17). The number of hydrogen-bond donors (Lipinski definition) is 2. The molecule has 92 valence electrons. The normalized spacial score (nSPS) is 16.8. The van der Waals surface area contributed by atoms with Crippen molar-refractivity contribution in [2.24, 2.45) is 0 Å². The van der Waals surface area contributed by atoms with E-state index in [0.29, 0.717) is 15.6 Å². The SMILES string of the molecule is O=C(NC1CCNCC1)c1ccc(Cl)cc1Cl. The number of carbonyl (C=O) groups is 1.